The minimum Gasteiger partial charge on any atom is -0.486 e. The zero-order valence-electron chi connectivity index (χ0n) is 19.9. The Morgan fingerprint density at radius 1 is 0.636 bits per heavy atom. The SMILES string of the molecule is CCC(CC)(CN)Oc1ccc2cc3ccc(OC(CC)(CC)CN)cc3nc2c1.Cl.Cl.Cl. The van der Waals surface area contributed by atoms with Gasteiger partial charge < -0.3 is 20.9 Å². The van der Waals surface area contributed by atoms with E-state index in [-0.39, 0.29) is 48.4 Å². The van der Waals surface area contributed by atoms with Crippen LogP contribution in [-0.4, -0.2) is 29.3 Å². The smallest absolute Gasteiger partial charge is 0.122 e. The van der Waals surface area contributed by atoms with Crippen molar-refractivity contribution in [3.05, 3.63) is 42.5 Å². The standard InChI is InChI=1S/C25H35N3O2.3ClH/c1-5-24(6-2,16-26)29-20-11-9-18-13-19-10-12-21(15-23(19)28-22(18)14-20)30-25(7-3,8-4)17-27;;;/h9-15H,5-8,16-17,26-27H2,1-4H3;3*1H. The van der Waals surface area contributed by atoms with Crippen molar-refractivity contribution >= 4 is 59.0 Å². The van der Waals surface area contributed by atoms with Crippen LogP contribution >= 0.6 is 37.2 Å². The van der Waals surface area contributed by atoms with Gasteiger partial charge in [-0.05, 0) is 56.0 Å². The first-order valence-corrected chi connectivity index (χ1v) is 11.1. The average molecular weight is 519 g/mol. The zero-order valence-corrected chi connectivity index (χ0v) is 22.4. The summed E-state index contributed by atoms with van der Waals surface area (Å²) in [5, 5.41) is 2.15. The Bertz CT molecular complexity index is 915. The molecule has 0 saturated heterocycles. The lowest BCUT2D eigenvalue weighted by molar-refractivity contribution is 0.0692. The van der Waals surface area contributed by atoms with Crippen LogP contribution in [0.15, 0.2) is 42.5 Å². The molecule has 0 atom stereocenters. The number of halogens is 3. The first-order valence-electron chi connectivity index (χ1n) is 11.1. The van der Waals surface area contributed by atoms with Crippen LogP contribution < -0.4 is 20.9 Å². The molecule has 186 valence electrons. The maximum absolute atomic E-state index is 6.30. The normalized spacial score (nSPS) is 11.3. The van der Waals surface area contributed by atoms with Gasteiger partial charge in [-0.15, -0.1) is 37.2 Å². The van der Waals surface area contributed by atoms with Gasteiger partial charge in [-0.1, -0.05) is 27.7 Å². The first-order chi connectivity index (χ1) is 14.5. The molecular formula is C25H38Cl3N3O2. The fourth-order valence-corrected chi connectivity index (χ4v) is 3.86. The molecule has 5 nitrogen and oxygen atoms in total. The maximum Gasteiger partial charge on any atom is 0.122 e. The number of ether oxygens (including phenoxy) is 2. The van der Waals surface area contributed by atoms with Gasteiger partial charge in [-0.2, -0.15) is 0 Å². The molecule has 0 aliphatic carbocycles. The summed E-state index contributed by atoms with van der Waals surface area (Å²) in [5.74, 6) is 1.60. The number of nitrogens with zero attached hydrogens (tertiary/aromatic N) is 1. The molecule has 4 N–H and O–H groups in total. The van der Waals surface area contributed by atoms with Gasteiger partial charge in [-0.3, -0.25) is 0 Å². The van der Waals surface area contributed by atoms with Crippen LogP contribution in [0, 0.1) is 0 Å². The van der Waals surface area contributed by atoms with E-state index < -0.39 is 0 Å². The highest BCUT2D eigenvalue weighted by Crippen LogP contribution is 2.31. The number of fused-ring (bicyclic) bond motifs is 2. The van der Waals surface area contributed by atoms with Crippen molar-refractivity contribution in [1.82, 2.24) is 4.98 Å². The monoisotopic (exact) mass is 517 g/mol. The molecule has 0 aliphatic rings. The van der Waals surface area contributed by atoms with Gasteiger partial charge in [0, 0.05) is 36.0 Å². The van der Waals surface area contributed by atoms with Gasteiger partial charge in [0.05, 0.1) is 11.0 Å². The van der Waals surface area contributed by atoms with Crippen LogP contribution in [0.5, 0.6) is 11.5 Å². The topological polar surface area (TPSA) is 83.4 Å². The Hall–Kier alpha value is -1.50. The maximum atomic E-state index is 6.30. The van der Waals surface area contributed by atoms with E-state index in [2.05, 4.69) is 45.9 Å². The molecule has 3 rings (SSSR count). The van der Waals surface area contributed by atoms with Gasteiger partial charge in [0.25, 0.3) is 0 Å². The number of nitrogens with two attached hydrogens (primary N) is 2. The van der Waals surface area contributed by atoms with E-state index in [4.69, 9.17) is 25.9 Å². The molecule has 0 radical (unpaired) electrons. The van der Waals surface area contributed by atoms with E-state index in [1.54, 1.807) is 0 Å². The summed E-state index contributed by atoms with van der Waals surface area (Å²) < 4.78 is 12.6. The van der Waals surface area contributed by atoms with Crippen LogP contribution in [0.4, 0.5) is 0 Å². The summed E-state index contributed by atoms with van der Waals surface area (Å²) in [7, 11) is 0. The highest BCUT2D eigenvalue weighted by molar-refractivity contribution is 5.93. The molecule has 3 aromatic rings. The summed E-state index contributed by atoms with van der Waals surface area (Å²) in [5.41, 5.74) is 13.1. The summed E-state index contributed by atoms with van der Waals surface area (Å²) >= 11 is 0. The Morgan fingerprint density at radius 2 is 1.00 bits per heavy atom. The summed E-state index contributed by atoms with van der Waals surface area (Å²) in [4.78, 5) is 4.89. The molecule has 1 heterocycles. The van der Waals surface area contributed by atoms with Gasteiger partial charge >= 0.3 is 0 Å². The van der Waals surface area contributed by atoms with E-state index in [0.29, 0.717) is 13.1 Å². The van der Waals surface area contributed by atoms with Crippen LogP contribution in [0.1, 0.15) is 53.4 Å². The molecule has 0 fully saturated rings. The number of pyridine rings is 1. The first kappa shape index (κ1) is 31.5. The lowest BCUT2D eigenvalue weighted by Gasteiger charge is -2.31. The van der Waals surface area contributed by atoms with Crippen LogP contribution in [-0.2, 0) is 0 Å². The van der Waals surface area contributed by atoms with Crippen molar-refractivity contribution in [3.8, 4) is 11.5 Å². The summed E-state index contributed by atoms with van der Waals surface area (Å²) in [6.45, 7) is 9.41. The third kappa shape index (κ3) is 6.77. The van der Waals surface area contributed by atoms with Gasteiger partial charge in [0.15, 0.2) is 0 Å². The highest BCUT2D eigenvalue weighted by Gasteiger charge is 2.27. The van der Waals surface area contributed by atoms with Crippen molar-refractivity contribution in [1.29, 1.82) is 0 Å². The summed E-state index contributed by atoms with van der Waals surface area (Å²) in [6, 6.07) is 14.3. The molecule has 0 saturated carbocycles. The fraction of sp³-hybridized carbons (Fsp3) is 0.480. The second kappa shape index (κ2) is 13.4. The highest BCUT2D eigenvalue weighted by atomic mass is 35.5. The molecule has 33 heavy (non-hydrogen) atoms. The van der Waals surface area contributed by atoms with E-state index in [9.17, 15) is 0 Å². The second-order valence-corrected chi connectivity index (χ2v) is 8.09. The molecule has 8 heteroatoms. The lowest BCUT2D eigenvalue weighted by Crippen LogP contribution is -2.42. The van der Waals surface area contributed by atoms with E-state index in [0.717, 1.165) is 59.0 Å². The predicted molar refractivity (Wildman–Crippen MR) is 147 cm³/mol. The Labute approximate surface area is 216 Å². The molecule has 0 bridgehead atoms. The van der Waals surface area contributed by atoms with Gasteiger partial charge in [0.1, 0.15) is 22.7 Å². The van der Waals surface area contributed by atoms with Crippen molar-refractivity contribution < 1.29 is 9.47 Å². The molecule has 0 unspecified atom stereocenters. The lowest BCUT2D eigenvalue weighted by atomic mass is 9.97. The van der Waals surface area contributed by atoms with Crippen molar-refractivity contribution in [2.24, 2.45) is 11.5 Å². The van der Waals surface area contributed by atoms with Gasteiger partial charge in [-0.25, -0.2) is 4.98 Å². The third-order valence-electron chi connectivity index (χ3n) is 6.55. The van der Waals surface area contributed by atoms with Crippen molar-refractivity contribution in [2.45, 2.75) is 64.6 Å². The minimum atomic E-state index is -0.336. The van der Waals surface area contributed by atoms with Crippen molar-refractivity contribution in [2.75, 3.05) is 13.1 Å². The molecule has 0 spiro atoms. The number of aromatic nitrogens is 1. The van der Waals surface area contributed by atoms with E-state index in [1.807, 2.05) is 24.3 Å². The molecule has 0 amide bonds. The van der Waals surface area contributed by atoms with Crippen LogP contribution in [0.3, 0.4) is 0 Å². The number of hydrogen-bond donors (Lipinski definition) is 2. The van der Waals surface area contributed by atoms with Crippen molar-refractivity contribution in [3.63, 3.8) is 0 Å². The molecular weight excluding hydrogens is 481 g/mol. The number of benzene rings is 2. The molecule has 2 aromatic carbocycles. The quantitative estimate of drug-likeness (QED) is 0.301. The van der Waals surface area contributed by atoms with Crippen LogP contribution in [0.2, 0.25) is 0 Å². The molecule has 0 aliphatic heterocycles. The Kier molecular flexibility index (Phi) is 12.8. The Morgan fingerprint density at radius 3 is 1.30 bits per heavy atom. The Balaban J connectivity index is 0.00000341. The van der Waals surface area contributed by atoms with Crippen LogP contribution in [0.25, 0.3) is 21.8 Å². The molecule has 1 aromatic heterocycles. The largest absolute Gasteiger partial charge is 0.486 e. The number of rotatable bonds is 10. The minimum absolute atomic E-state index is 0. The van der Waals surface area contributed by atoms with E-state index >= 15 is 0 Å². The van der Waals surface area contributed by atoms with Gasteiger partial charge in [0.2, 0.25) is 0 Å². The summed E-state index contributed by atoms with van der Waals surface area (Å²) in [6.07, 6.45) is 3.45. The zero-order chi connectivity index (χ0) is 21.8. The third-order valence-corrected chi connectivity index (χ3v) is 6.55. The van der Waals surface area contributed by atoms with E-state index in [1.165, 1.54) is 0 Å². The second-order valence-electron chi connectivity index (χ2n) is 8.09. The predicted octanol–water partition coefficient (Wildman–Crippen LogP) is 6.45. The fourth-order valence-electron chi connectivity index (χ4n) is 3.86. The average Bonchev–Trinajstić information content (AvgIpc) is 2.79. The number of hydrogen-bond acceptors (Lipinski definition) is 5.